The molecule has 2 aromatic heterocycles. The van der Waals surface area contributed by atoms with Crippen molar-refractivity contribution in [2.24, 2.45) is 0 Å². The van der Waals surface area contributed by atoms with Gasteiger partial charge >= 0.3 is 0 Å². The second-order valence-electron chi connectivity index (χ2n) is 5.53. The third kappa shape index (κ3) is 4.39. The molecule has 6 heteroatoms. The minimum atomic E-state index is -0.697. The number of carbonyl (C=O) groups is 1. The second-order valence-corrected chi connectivity index (χ2v) is 5.53. The first-order valence-electron chi connectivity index (χ1n) is 7.84. The van der Waals surface area contributed by atoms with Gasteiger partial charge in [0.05, 0.1) is 11.9 Å². The van der Waals surface area contributed by atoms with Crippen LogP contribution in [0, 0.1) is 0 Å². The van der Waals surface area contributed by atoms with Gasteiger partial charge in [-0.25, -0.2) is 4.98 Å². The fourth-order valence-electron chi connectivity index (χ4n) is 2.36. The van der Waals surface area contributed by atoms with E-state index in [0.29, 0.717) is 17.1 Å². The lowest BCUT2D eigenvalue weighted by molar-refractivity contribution is 0.102. The molecule has 3 aromatic rings. The van der Waals surface area contributed by atoms with Crippen molar-refractivity contribution < 1.29 is 9.90 Å². The molecule has 1 unspecified atom stereocenters. The highest BCUT2D eigenvalue weighted by Gasteiger charge is 2.07. The van der Waals surface area contributed by atoms with Crippen LogP contribution in [0.3, 0.4) is 0 Å². The van der Waals surface area contributed by atoms with Crippen LogP contribution >= 0.6 is 0 Å². The molecule has 0 aliphatic rings. The maximum absolute atomic E-state index is 12.3. The number of hydrogen-bond donors (Lipinski definition) is 3. The van der Waals surface area contributed by atoms with Crippen molar-refractivity contribution in [2.75, 3.05) is 10.6 Å². The Hall–Kier alpha value is -3.25. The van der Waals surface area contributed by atoms with Crippen molar-refractivity contribution in [1.82, 2.24) is 9.97 Å². The van der Waals surface area contributed by atoms with E-state index in [2.05, 4.69) is 20.6 Å². The SMILES string of the molecule is CC(O)Nc1cc(-c2cncc(NC(=O)c3ccccc3)c2)ccn1. The molecule has 1 atom stereocenters. The molecular formula is C19H18N4O2. The average Bonchev–Trinajstić information content (AvgIpc) is 2.62. The van der Waals surface area contributed by atoms with E-state index < -0.39 is 6.23 Å². The molecule has 0 saturated heterocycles. The molecule has 6 nitrogen and oxygen atoms in total. The number of hydrogen-bond acceptors (Lipinski definition) is 5. The van der Waals surface area contributed by atoms with Crippen LogP contribution in [0.15, 0.2) is 67.1 Å². The fraction of sp³-hybridized carbons (Fsp3) is 0.105. The number of amides is 1. The molecule has 2 heterocycles. The molecule has 0 spiro atoms. The van der Waals surface area contributed by atoms with E-state index in [9.17, 15) is 9.90 Å². The number of rotatable bonds is 5. The normalized spacial score (nSPS) is 11.6. The minimum absolute atomic E-state index is 0.189. The van der Waals surface area contributed by atoms with Gasteiger partial charge in [0.25, 0.3) is 5.91 Å². The largest absolute Gasteiger partial charge is 0.374 e. The molecule has 3 N–H and O–H groups in total. The predicted molar refractivity (Wildman–Crippen MR) is 97.2 cm³/mol. The number of carbonyl (C=O) groups excluding carboxylic acids is 1. The molecule has 1 aromatic carbocycles. The van der Waals surface area contributed by atoms with Gasteiger partial charge in [0, 0.05) is 23.5 Å². The fourth-order valence-corrected chi connectivity index (χ4v) is 2.36. The number of anilines is 2. The molecule has 3 rings (SSSR count). The molecule has 0 saturated carbocycles. The van der Waals surface area contributed by atoms with Gasteiger partial charge in [0.1, 0.15) is 12.0 Å². The van der Waals surface area contributed by atoms with Gasteiger partial charge in [-0.2, -0.15) is 0 Å². The Bertz CT molecular complexity index is 866. The molecule has 25 heavy (non-hydrogen) atoms. The van der Waals surface area contributed by atoms with Crippen molar-refractivity contribution in [3.63, 3.8) is 0 Å². The number of benzene rings is 1. The van der Waals surface area contributed by atoms with Crippen LogP contribution in [-0.2, 0) is 0 Å². The van der Waals surface area contributed by atoms with Crippen LogP contribution in [0.5, 0.6) is 0 Å². The van der Waals surface area contributed by atoms with E-state index >= 15 is 0 Å². The summed E-state index contributed by atoms with van der Waals surface area (Å²) in [7, 11) is 0. The van der Waals surface area contributed by atoms with Crippen LogP contribution in [0.2, 0.25) is 0 Å². The van der Waals surface area contributed by atoms with Crippen molar-refractivity contribution in [3.05, 3.63) is 72.7 Å². The molecule has 0 aliphatic carbocycles. The number of nitrogens with zero attached hydrogens (tertiary/aromatic N) is 2. The predicted octanol–water partition coefficient (Wildman–Crippen LogP) is 3.15. The van der Waals surface area contributed by atoms with Gasteiger partial charge < -0.3 is 15.7 Å². The third-order valence-electron chi connectivity index (χ3n) is 3.48. The van der Waals surface area contributed by atoms with Crippen molar-refractivity contribution in [2.45, 2.75) is 13.2 Å². The van der Waals surface area contributed by atoms with Crippen LogP contribution in [0.1, 0.15) is 17.3 Å². The van der Waals surface area contributed by atoms with Gasteiger partial charge in [-0.05, 0) is 42.8 Å². The molecule has 0 aliphatic heterocycles. The topological polar surface area (TPSA) is 87.1 Å². The smallest absolute Gasteiger partial charge is 0.255 e. The summed E-state index contributed by atoms with van der Waals surface area (Å²) in [5, 5.41) is 15.1. The number of aliphatic hydroxyl groups is 1. The van der Waals surface area contributed by atoms with Crippen molar-refractivity contribution >= 4 is 17.4 Å². The van der Waals surface area contributed by atoms with E-state index in [0.717, 1.165) is 11.1 Å². The zero-order valence-corrected chi connectivity index (χ0v) is 13.7. The first kappa shape index (κ1) is 16.6. The number of aromatic nitrogens is 2. The van der Waals surface area contributed by atoms with Gasteiger partial charge in [-0.15, -0.1) is 0 Å². The summed E-state index contributed by atoms with van der Waals surface area (Å²) >= 11 is 0. The van der Waals surface area contributed by atoms with E-state index in [4.69, 9.17) is 0 Å². The Morgan fingerprint density at radius 3 is 2.64 bits per heavy atom. The summed E-state index contributed by atoms with van der Waals surface area (Å²) in [4.78, 5) is 20.6. The van der Waals surface area contributed by atoms with E-state index in [1.54, 1.807) is 37.6 Å². The first-order valence-corrected chi connectivity index (χ1v) is 7.84. The zero-order valence-electron chi connectivity index (χ0n) is 13.7. The summed E-state index contributed by atoms with van der Waals surface area (Å²) in [5.74, 6) is 0.372. The quantitative estimate of drug-likeness (QED) is 0.624. The Labute approximate surface area is 145 Å². The average molecular weight is 334 g/mol. The van der Waals surface area contributed by atoms with Gasteiger partial charge in [0.2, 0.25) is 0 Å². The molecular weight excluding hydrogens is 316 g/mol. The Morgan fingerprint density at radius 1 is 1.08 bits per heavy atom. The van der Waals surface area contributed by atoms with E-state index in [1.165, 1.54) is 0 Å². The summed E-state index contributed by atoms with van der Waals surface area (Å²) in [6.07, 6.45) is 4.26. The zero-order chi connectivity index (χ0) is 17.6. The monoisotopic (exact) mass is 334 g/mol. The molecule has 126 valence electrons. The maximum atomic E-state index is 12.3. The highest BCUT2D eigenvalue weighted by atomic mass is 16.3. The Balaban J connectivity index is 1.81. The van der Waals surface area contributed by atoms with Crippen LogP contribution in [0.25, 0.3) is 11.1 Å². The lowest BCUT2D eigenvalue weighted by Crippen LogP contribution is -2.14. The third-order valence-corrected chi connectivity index (χ3v) is 3.48. The van der Waals surface area contributed by atoms with E-state index in [-0.39, 0.29) is 5.91 Å². The van der Waals surface area contributed by atoms with Crippen molar-refractivity contribution in [3.8, 4) is 11.1 Å². The summed E-state index contributed by atoms with van der Waals surface area (Å²) in [6.45, 7) is 1.62. The second kappa shape index (κ2) is 7.55. The Morgan fingerprint density at radius 2 is 1.88 bits per heavy atom. The summed E-state index contributed by atoms with van der Waals surface area (Å²) < 4.78 is 0. The van der Waals surface area contributed by atoms with Gasteiger partial charge in [-0.1, -0.05) is 18.2 Å². The lowest BCUT2D eigenvalue weighted by Gasteiger charge is -2.10. The van der Waals surface area contributed by atoms with Gasteiger partial charge in [0.15, 0.2) is 0 Å². The van der Waals surface area contributed by atoms with Gasteiger partial charge in [-0.3, -0.25) is 9.78 Å². The molecule has 1 amide bonds. The number of pyridine rings is 2. The Kier molecular flexibility index (Phi) is 5.01. The number of nitrogens with one attached hydrogen (secondary N) is 2. The van der Waals surface area contributed by atoms with E-state index in [1.807, 2.05) is 36.4 Å². The van der Waals surface area contributed by atoms with Crippen LogP contribution in [0.4, 0.5) is 11.5 Å². The molecule has 0 fully saturated rings. The lowest BCUT2D eigenvalue weighted by atomic mass is 10.1. The molecule has 0 radical (unpaired) electrons. The van der Waals surface area contributed by atoms with Crippen LogP contribution < -0.4 is 10.6 Å². The first-order chi connectivity index (χ1) is 12.1. The standard InChI is InChI=1S/C19H18N4O2/c1-13(24)22-18-10-15(7-8-21-18)16-9-17(12-20-11-16)23-19(25)14-5-3-2-4-6-14/h2-13,24H,1H3,(H,21,22)(H,23,25). The number of aliphatic hydroxyl groups excluding tert-OH is 1. The summed E-state index contributed by atoms with van der Waals surface area (Å²) in [6, 6.07) is 14.5. The summed E-state index contributed by atoms with van der Waals surface area (Å²) in [5.41, 5.74) is 2.90. The minimum Gasteiger partial charge on any atom is -0.374 e. The molecule has 0 bridgehead atoms. The highest BCUT2D eigenvalue weighted by molar-refractivity contribution is 6.04. The maximum Gasteiger partial charge on any atom is 0.255 e. The van der Waals surface area contributed by atoms with Crippen LogP contribution in [-0.4, -0.2) is 27.2 Å². The highest BCUT2D eigenvalue weighted by Crippen LogP contribution is 2.23. The van der Waals surface area contributed by atoms with Crippen molar-refractivity contribution in [1.29, 1.82) is 0 Å².